The summed E-state index contributed by atoms with van der Waals surface area (Å²) >= 11 is 5.43. The van der Waals surface area contributed by atoms with Crippen molar-refractivity contribution in [2.24, 2.45) is 5.92 Å². The molecule has 0 heterocycles. The smallest absolute Gasteiger partial charge is 0.0341 e. The Hall–Kier alpha value is -0.150. The first-order chi connectivity index (χ1) is 7.18. The van der Waals surface area contributed by atoms with Crippen LogP contribution < -0.4 is 5.32 Å². The van der Waals surface area contributed by atoms with E-state index in [4.69, 9.17) is 0 Å². The lowest BCUT2D eigenvalue weighted by atomic mass is 10.3. The fourth-order valence-electron chi connectivity index (χ4n) is 1.15. The fourth-order valence-corrected chi connectivity index (χ4v) is 2.30. The summed E-state index contributed by atoms with van der Waals surface area (Å²) in [5.41, 5.74) is 1.20. The molecule has 0 aliphatic carbocycles. The lowest BCUT2D eigenvalue weighted by molar-refractivity contribution is 0.750. The van der Waals surface area contributed by atoms with Gasteiger partial charge >= 0.3 is 0 Å². The van der Waals surface area contributed by atoms with Crippen LogP contribution >= 0.6 is 27.7 Å². The van der Waals surface area contributed by atoms with Crippen LogP contribution in [0.5, 0.6) is 0 Å². The summed E-state index contributed by atoms with van der Waals surface area (Å²) in [4.78, 5) is 0. The molecule has 0 unspecified atom stereocenters. The van der Waals surface area contributed by atoms with Gasteiger partial charge in [0.25, 0.3) is 0 Å². The number of hydrogen-bond acceptors (Lipinski definition) is 2. The highest BCUT2D eigenvalue weighted by atomic mass is 79.9. The molecule has 0 aromatic heterocycles. The molecule has 1 rings (SSSR count). The van der Waals surface area contributed by atoms with Gasteiger partial charge in [0.1, 0.15) is 0 Å². The molecule has 15 heavy (non-hydrogen) atoms. The van der Waals surface area contributed by atoms with Crippen LogP contribution in [0.4, 0.5) is 5.69 Å². The largest absolute Gasteiger partial charge is 0.384 e. The van der Waals surface area contributed by atoms with Crippen molar-refractivity contribution in [1.29, 1.82) is 0 Å². The molecule has 0 saturated carbocycles. The lowest BCUT2D eigenvalue weighted by Crippen LogP contribution is -2.05. The van der Waals surface area contributed by atoms with E-state index in [1.54, 1.807) is 0 Å². The average molecular weight is 288 g/mol. The van der Waals surface area contributed by atoms with E-state index in [9.17, 15) is 0 Å². The van der Waals surface area contributed by atoms with Gasteiger partial charge in [-0.1, -0.05) is 29.8 Å². The van der Waals surface area contributed by atoms with Gasteiger partial charge < -0.3 is 5.32 Å². The summed E-state index contributed by atoms with van der Waals surface area (Å²) in [6.07, 6.45) is 0. The Balaban J connectivity index is 2.12. The van der Waals surface area contributed by atoms with E-state index >= 15 is 0 Å². The van der Waals surface area contributed by atoms with Gasteiger partial charge in [-0.05, 0) is 35.9 Å². The Morgan fingerprint density at radius 1 is 1.27 bits per heavy atom. The van der Waals surface area contributed by atoms with Crippen LogP contribution in [0.25, 0.3) is 0 Å². The summed E-state index contributed by atoms with van der Waals surface area (Å²) in [7, 11) is 0. The van der Waals surface area contributed by atoms with E-state index in [1.807, 2.05) is 11.8 Å². The maximum Gasteiger partial charge on any atom is 0.0341 e. The molecule has 1 N–H and O–H groups in total. The second-order valence-electron chi connectivity index (χ2n) is 3.90. The van der Waals surface area contributed by atoms with Gasteiger partial charge in [-0.3, -0.25) is 0 Å². The molecule has 0 amide bonds. The van der Waals surface area contributed by atoms with Crippen LogP contribution in [-0.4, -0.2) is 18.1 Å². The van der Waals surface area contributed by atoms with Gasteiger partial charge in [-0.15, -0.1) is 0 Å². The highest BCUT2D eigenvalue weighted by Gasteiger charge is 1.95. The normalized spacial score (nSPS) is 10.7. The van der Waals surface area contributed by atoms with Gasteiger partial charge in [-0.2, -0.15) is 11.8 Å². The predicted octanol–water partition coefficient (Wildman–Crippen LogP) is 4.25. The minimum absolute atomic E-state index is 0.794. The number of hydrogen-bond donors (Lipinski definition) is 1. The minimum atomic E-state index is 0.794. The predicted molar refractivity (Wildman–Crippen MR) is 74.8 cm³/mol. The Bertz CT molecular complexity index is 271. The van der Waals surface area contributed by atoms with Gasteiger partial charge in [0.2, 0.25) is 0 Å². The van der Waals surface area contributed by atoms with E-state index in [-0.39, 0.29) is 0 Å². The molecule has 0 aliphatic rings. The van der Waals surface area contributed by atoms with Crippen LogP contribution in [0, 0.1) is 5.92 Å². The van der Waals surface area contributed by atoms with E-state index in [0.29, 0.717) is 0 Å². The Morgan fingerprint density at radius 2 is 1.93 bits per heavy atom. The monoisotopic (exact) mass is 287 g/mol. The zero-order valence-corrected chi connectivity index (χ0v) is 11.7. The Kier molecular flexibility index (Phi) is 6.18. The third-order valence-electron chi connectivity index (χ3n) is 1.87. The third kappa shape index (κ3) is 6.10. The highest BCUT2D eigenvalue weighted by Crippen LogP contribution is 2.14. The van der Waals surface area contributed by atoms with E-state index in [0.717, 1.165) is 16.9 Å². The number of thioether (sulfide) groups is 1. The molecule has 0 radical (unpaired) electrons. The second kappa shape index (κ2) is 7.18. The SMILES string of the molecule is CC(C)CSCCNc1ccc(Br)cc1. The topological polar surface area (TPSA) is 12.0 Å². The zero-order chi connectivity index (χ0) is 11.1. The molecular formula is C12H18BrNS. The molecule has 0 saturated heterocycles. The van der Waals surface area contributed by atoms with Crippen molar-refractivity contribution in [3.8, 4) is 0 Å². The molecule has 0 bridgehead atoms. The molecule has 84 valence electrons. The van der Waals surface area contributed by atoms with Gasteiger partial charge in [-0.25, -0.2) is 0 Å². The summed E-state index contributed by atoms with van der Waals surface area (Å²) in [6.45, 7) is 5.56. The van der Waals surface area contributed by atoms with Crippen LogP contribution in [0.2, 0.25) is 0 Å². The zero-order valence-electron chi connectivity index (χ0n) is 9.29. The third-order valence-corrected chi connectivity index (χ3v) is 3.79. The first-order valence-corrected chi connectivity index (χ1v) is 7.20. The van der Waals surface area contributed by atoms with E-state index < -0.39 is 0 Å². The van der Waals surface area contributed by atoms with Crippen molar-refractivity contribution >= 4 is 33.4 Å². The van der Waals surface area contributed by atoms with Crippen LogP contribution in [-0.2, 0) is 0 Å². The molecule has 0 atom stereocenters. The van der Waals surface area contributed by atoms with Crippen molar-refractivity contribution in [2.75, 3.05) is 23.4 Å². The van der Waals surface area contributed by atoms with Crippen molar-refractivity contribution in [2.45, 2.75) is 13.8 Å². The number of nitrogens with one attached hydrogen (secondary N) is 1. The summed E-state index contributed by atoms with van der Waals surface area (Å²) in [5.74, 6) is 3.22. The first-order valence-electron chi connectivity index (χ1n) is 5.25. The fraction of sp³-hybridized carbons (Fsp3) is 0.500. The van der Waals surface area contributed by atoms with Crippen molar-refractivity contribution < 1.29 is 0 Å². The van der Waals surface area contributed by atoms with E-state index in [2.05, 4.69) is 59.4 Å². The second-order valence-corrected chi connectivity index (χ2v) is 5.97. The van der Waals surface area contributed by atoms with Crippen LogP contribution in [0.1, 0.15) is 13.8 Å². The molecule has 0 aliphatic heterocycles. The van der Waals surface area contributed by atoms with Gasteiger partial charge in [0, 0.05) is 22.5 Å². The minimum Gasteiger partial charge on any atom is -0.384 e. The Morgan fingerprint density at radius 3 is 2.53 bits per heavy atom. The Labute approximate surface area is 105 Å². The first kappa shape index (κ1) is 12.9. The summed E-state index contributed by atoms with van der Waals surface area (Å²) < 4.78 is 1.13. The lowest BCUT2D eigenvalue weighted by Gasteiger charge is -2.07. The molecule has 1 aromatic rings. The average Bonchev–Trinajstić information content (AvgIpc) is 2.20. The molecule has 0 spiro atoms. The van der Waals surface area contributed by atoms with Crippen molar-refractivity contribution in [3.63, 3.8) is 0 Å². The van der Waals surface area contributed by atoms with Crippen molar-refractivity contribution in [1.82, 2.24) is 0 Å². The van der Waals surface area contributed by atoms with Gasteiger partial charge in [0.15, 0.2) is 0 Å². The molecule has 1 nitrogen and oxygen atoms in total. The van der Waals surface area contributed by atoms with Gasteiger partial charge in [0.05, 0.1) is 0 Å². The molecule has 0 fully saturated rings. The molecular weight excluding hydrogens is 270 g/mol. The summed E-state index contributed by atoms with van der Waals surface area (Å²) in [5, 5.41) is 3.40. The maximum absolute atomic E-state index is 3.42. The van der Waals surface area contributed by atoms with Crippen LogP contribution in [0.3, 0.4) is 0 Å². The molecule has 3 heteroatoms. The number of benzene rings is 1. The van der Waals surface area contributed by atoms with Crippen molar-refractivity contribution in [3.05, 3.63) is 28.7 Å². The summed E-state index contributed by atoms with van der Waals surface area (Å²) in [6, 6.07) is 8.31. The standard InChI is InChI=1S/C12H18BrNS/c1-10(2)9-15-8-7-14-12-5-3-11(13)4-6-12/h3-6,10,14H,7-9H2,1-2H3. The van der Waals surface area contributed by atoms with Crippen LogP contribution in [0.15, 0.2) is 28.7 Å². The number of rotatable bonds is 6. The quantitative estimate of drug-likeness (QED) is 0.785. The number of anilines is 1. The van der Waals surface area contributed by atoms with E-state index in [1.165, 1.54) is 17.2 Å². The highest BCUT2D eigenvalue weighted by molar-refractivity contribution is 9.10. The molecule has 1 aromatic carbocycles. The maximum atomic E-state index is 3.42. The number of halogens is 1.